The van der Waals surface area contributed by atoms with Gasteiger partial charge in [0, 0.05) is 11.0 Å². The van der Waals surface area contributed by atoms with Gasteiger partial charge < -0.3 is 10.6 Å². The average Bonchev–Trinajstić information content (AvgIpc) is 2.79. The Bertz CT molecular complexity index is 381. The van der Waals surface area contributed by atoms with E-state index in [0.717, 1.165) is 29.4 Å². The molecule has 1 aromatic rings. The smallest absolute Gasteiger partial charge is 0.237 e. The number of amides is 1. The molecule has 0 spiro atoms. The highest BCUT2D eigenvalue weighted by Crippen LogP contribution is 2.11. The van der Waals surface area contributed by atoms with E-state index in [9.17, 15) is 4.79 Å². The Morgan fingerprint density at radius 1 is 1.53 bits per heavy atom. The Labute approximate surface area is 116 Å². The summed E-state index contributed by atoms with van der Waals surface area (Å²) in [5.41, 5.74) is 1.11. The summed E-state index contributed by atoms with van der Waals surface area (Å²) in [5.74, 6) is 0.109. The summed E-state index contributed by atoms with van der Waals surface area (Å²) in [5, 5.41) is 6.13. The van der Waals surface area contributed by atoms with Gasteiger partial charge in [-0.05, 0) is 37.1 Å². The van der Waals surface area contributed by atoms with Gasteiger partial charge in [0.25, 0.3) is 0 Å². The van der Waals surface area contributed by atoms with Crippen LogP contribution in [-0.2, 0) is 11.3 Å². The molecule has 0 radical (unpaired) electrons. The van der Waals surface area contributed by atoms with Crippen molar-refractivity contribution in [3.8, 4) is 0 Å². The van der Waals surface area contributed by atoms with Crippen LogP contribution < -0.4 is 10.6 Å². The molecule has 1 aliphatic rings. The van der Waals surface area contributed by atoms with Crippen LogP contribution in [0, 0.1) is 0 Å². The normalized spacial score (nSPS) is 18.5. The second-order valence-corrected chi connectivity index (χ2v) is 4.91. The highest BCUT2D eigenvalue weighted by atomic mass is 79.9. The van der Waals surface area contributed by atoms with Crippen LogP contribution in [0.15, 0.2) is 28.7 Å². The van der Waals surface area contributed by atoms with Crippen molar-refractivity contribution in [2.24, 2.45) is 0 Å². The van der Waals surface area contributed by atoms with Gasteiger partial charge in [-0.15, -0.1) is 12.4 Å². The molecular weight excluding hydrogens is 304 g/mol. The minimum atomic E-state index is 0. The maximum atomic E-state index is 11.7. The van der Waals surface area contributed by atoms with E-state index in [2.05, 4.69) is 26.6 Å². The number of nitrogens with one attached hydrogen (secondary N) is 2. The molecule has 1 saturated heterocycles. The van der Waals surface area contributed by atoms with E-state index in [1.165, 1.54) is 0 Å². The number of halogens is 2. The van der Waals surface area contributed by atoms with Crippen molar-refractivity contribution in [1.29, 1.82) is 0 Å². The van der Waals surface area contributed by atoms with Gasteiger partial charge in [0.15, 0.2) is 0 Å². The standard InChI is InChI=1S/C12H15BrN2O.ClH/c13-10-4-1-3-9(7-10)8-15-12(16)11-5-2-6-14-11;/h1,3-4,7,11,14H,2,5-6,8H2,(H,15,16);1H/t11-;/m0./s1. The largest absolute Gasteiger partial charge is 0.351 e. The SMILES string of the molecule is Cl.O=C(NCc1cccc(Br)c1)[C@@H]1CCCN1. The van der Waals surface area contributed by atoms with Gasteiger partial charge in [0.1, 0.15) is 0 Å². The first-order valence-electron chi connectivity index (χ1n) is 5.51. The number of benzene rings is 1. The lowest BCUT2D eigenvalue weighted by Crippen LogP contribution is -2.39. The van der Waals surface area contributed by atoms with Crippen LogP contribution in [0.4, 0.5) is 0 Å². The summed E-state index contributed by atoms with van der Waals surface area (Å²) in [6, 6.07) is 7.98. The van der Waals surface area contributed by atoms with Crippen molar-refractivity contribution < 1.29 is 4.79 Å². The topological polar surface area (TPSA) is 41.1 Å². The third-order valence-electron chi connectivity index (χ3n) is 2.73. The molecule has 0 saturated carbocycles. The maximum Gasteiger partial charge on any atom is 0.237 e. The molecule has 1 amide bonds. The van der Waals surface area contributed by atoms with E-state index in [1.807, 2.05) is 24.3 Å². The highest BCUT2D eigenvalue weighted by molar-refractivity contribution is 9.10. The first kappa shape index (κ1) is 14.5. The Morgan fingerprint density at radius 3 is 3.00 bits per heavy atom. The third-order valence-corrected chi connectivity index (χ3v) is 3.23. The molecule has 2 N–H and O–H groups in total. The monoisotopic (exact) mass is 318 g/mol. The first-order chi connectivity index (χ1) is 7.75. The van der Waals surface area contributed by atoms with E-state index in [1.54, 1.807) is 0 Å². The van der Waals surface area contributed by atoms with Crippen molar-refractivity contribution in [2.75, 3.05) is 6.54 Å². The molecule has 17 heavy (non-hydrogen) atoms. The van der Waals surface area contributed by atoms with Crippen LogP contribution >= 0.6 is 28.3 Å². The van der Waals surface area contributed by atoms with Crippen LogP contribution in [0.5, 0.6) is 0 Å². The van der Waals surface area contributed by atoms with Gasteiger partial charge >= 0.3 is 0 Å². The highest BCUT2D eigenvalue weighted by Gasteiger charge is 2.21. The van der Waals surface area contributed by atoms with Gasteiger partial charge in [-0.2, -0.15) is 0 Å². The van der Waals surface area contributed by atoms with Crippen LogP contribution in [0.25, 0.3) is 0 Å². The van der Waals surface area contributed by atoms with Crippen LogP contribution in [-0.4, -0.2) is 18.5 Å². The van der Waals surface area contributed by atoms with Crippen molar-refractivity contribution >= 4 is 34.2 Å². The molecular formula is C12H16BrClN2O. The molecule has 2 rings (SSSR count). The van der Waals surface area contributed by atoms with E-state index in [4.69, 9.17) is 0 Å². The lowest BCUT2D eigenvalue weighted by molar-refractivity contribution is -0.122. The zero-order valence-electron chi connectivity index (χ0n) is 9.41. The van der Waals surface area contributed by atoms with E-state index in [0.29, 0.717) is 6.54 Å². The molecule has 0 unspecified atom stereocenters. The van der Waals surface area contributed by atoms with Crippen molar-refractivity contribution in [3.63, 3.8) is 0 Å². The third kappa shape index (κ3) is 4.30. The van der Waals surface area contributed by atoms with Gasteiger partial charge in [0.2, 0.25) is 5.91 Å². The number of carbonyl (C=O) groups excluding carboxylic acids is 1. The van der Waals surface area contributed by atoms with Gasteiger partial charge in [-0.1, -0.05) is 28.1 Å². The lowest BCUT2D eigenvalue weighted by atomic mass is 10.2. The predicted molar refractivity (Wildman–Crippen MR) is 74.3 cm³/mol. The number of hydrogen-bond acceptors (Lipinski definition) is 2. The molecule has 1 aliphatic heterocycles. The van der Waals surface area contributed by atoms with Crippen molar-refractivity contribution in [2.45, 2.75) is 25.4 Å². The number of carbonyl (C=O) groups is 1. The van der Waals surface area contributed by atoms with Crippen molar-refractivity contribution in [3.05, 3.63) is 34.3 Å². The molecule has 1 heterocycles. The number of rotatable bonds is 3. The zero-order valence-corrected chi connectivity index (χ0v) is 11.8. The second-order valence-electron chi connectivity index (χ2n) is 4.00. The molecule has 3 nitrogen and oxygen atoms in total. The quantitative estimate of drug-likeness (QED) is 0.897. The fourth-order valence-corrected chi connectivity index (χ4v) is 2.31. The summed E-state index contributed by atoms with van der Waals surface area (Å²) in [4.78, 5) is 11.7. The van der Waals surface area contributed by atoms with Crippen molar-refractivity contribution in [1.82, 2.24) is 10.6 Å². The molecule has 0 aliphatic carbocycles. The van der Waals surface area contributed by atoms with Crippen LogP contribution in [0.2, 0.25) is 0 Å². The summed E-state index contributed by atoms with van der Waals surface area (Å²) in [6.45, 7) is 1.55. The average molecular weight is 320 g/mol. The summed E-state index contributed by atoms with van der Waals surface area (Å²) >= 11 is 3.41. The Morgan fingerprint density at radius 2 is 2.35 bits per heavy atom. The number of hydrogen-bond donors (Lipinski definition) is 2. The van der Waals surface area contributed by atoms with E-state index < -0.39 is 0 Å². The Kier molecular flexibility index (Phi) is 5.95. The van der Waals surface area contributed by atoms with E-state index in [-0.39, 0.29) is 24.4 Å². The second kappa shape index (κ2) is 6.99. The summed E-state index contributed by atoms with van der Waals surface area (Å²) in [6.07, 6.45) is 2.04. The van der Waals surface area contributed by atoms with Gasteiger partial charge in [-0.25, -0.2) is 0 Å². The maximum absolute atomic E-state index is 11.7. The summed E-state index contributed by atoms with van der Waals surface area (Å²) in [7, 11) is 0. The molecule has 94 valence electrons. The molecule has 1 atom stereocenters. The Balaban J connectivity index is 0.00000144. The fraction of sp³-hybridized carbons (Fsp3) is 0.417. The molecule has 0 bridgehead atoms. The van der Waals surface area contributed by atoms with Crippen LogP contribution in [0.3, 0.4) is 0 Å². The zero-order chi connectivity index (χ0) is 11.4. The first-order valence-corrected chi connectivity index (χ1v) is 6.30. The lowest BCUT2D eigenvalue weighted by Gasteiger charge is -2.11. The van der Waals surface area contributed by atoms with E-state index >= 15 is 0 Å². The molecule has 1 aromatic carbocycles. The fourth-order valence-electron chi connectivity index (χ4n) is 1.87. The predicted octanol–water partition coefficient (Wildman–Crippen LogP) is 2.24. The minimum absolute atomic E-state index is 0. The molecule has 0 aromatic heterocycles. The summed E-state index contributed by atoms with van der Waals surface area (Å²) < 4.78 is 1.04. The molecule has 1 fully saturated rings. The Hall–Kier alpha value is -0.580. The minimum Gasteiger partial charge on any atom is -0.351 e. The van der Waals surface area contributed by atoms with Crippen LogP contribution in [0.1, 0.15) is 18.4 Å². The van der Waals surface area contributed by atoms with Gasteiger partial charge in [0.05, 0.1) is 6.04 Å². The van der Waals surface area contributed by atoms with Gasteiger partial charge in [-0.3, -0.25) is 4.79 Å². The molecule has 5 heteroatoms.